The molecule has 154 valence electrons. The molecule has 1 unspecified atom stereocenters. The summed E-state index contributed by atoms with van der Waals surface area (Å²) < 4.78 is 0. The summed E-state index contributed by atoms with van der Waals surface area (Å²) in [4.78, 5) is 33.6. The standard InChI is InChI=1S/C22H24N6O2/c1-14(16-8-5-4-6-9-16)25-21-19(20(23)30)13-24-22(27-21)26-17-10-7-11-18(12-17)28(3)15(2)29/h4-14H,1-3H3,(H2,23,30)(H2,24,25,26,27). The van der Waals surface area contributed by atoms with Crippen LogP contribution in [0.4, 0.5) is 23.1 Å². The van der Waals surface area contributed by atoms with E-state index in [4.69, 9.17) is 5.73 Å². The van der Waals surface area contributed by atoms with E-state index in [2.05, 4.69) is 20.6 Å². The average Bonchev–Trinajstić information content (AvgIpc) is 2.74. The molecule has 0 aliphatic heterocycles. The van der Waals surface area contributed by atoms with Crippen LogP contribution in [0.5, 0.6) is 0 Å². The third kappa shape index (κ3) is 4.91. The SMILES string of the molecule is CC(=O)N(C)c1cccc(Nc2ncc(C(N)=O)c(NC(C)c3ccccc3)n2)c1. The number of carbonyl (C=O) groups is 2. The lowest BCUT2D eigenvalue weighted by Crippen LogP contribution is -2.22. The van der Waals surface area contributed by atoms with Gasteiger partial charge in [-0.05, 0) is 30.7 Å². The molecule has 0 fully saturated rings. The van der Waals surface area contributed by atoms with Gasteiger partial charge in [-0.2, -0.15) is 4.98 Å². The number of carbonyl (C=O) groups excluding carboxylic acids is 2. The first-order valence-electron chi connectivity index (χ1n) is 9.45. The number of nitrogens with zero attached hydrogens (tertiary/aromatic N) is 3. The quantitative estimate of drug-likeness (QED) is 0.556. The number of amides is 2. The fourth-order valence-corrected chi connectivity index (χ4v) is 2.87. The molecule has 0 saturated heterocycles. The van der Waals surface area contributed by atoms with E-state index >= 15 is 0 Å². The highest BCUT2D eigenvalue weighted by Gasteiger charge is 2.15. The van der Waals surface area contributed by atoms with Gasteiger partial charge in [0.15, 0.2) is 0 Å². The van der Waals surface area contributed by atoms with E-state index in [-0.39, 0.29) is 17.5 Å². The third-order valence-corrected chi connectivity index (χ3v) is 4.67. The van der Waals surface area contributed by atoms with Gasteiger partial charge in [0.1, 0.15) is 5.82 Å². The van der Waals surface area contributed by atoms with Gasteiger partial charge in [0.05, 0.1) is 5.56 Å². The van der Waals surface area contributed by atoms with E-state index in [1.165, 1.54) is 18.0 Å². The number of nitrogens with two attached hydrogens (primary N) is 1. The number of benzene rings is 2. The van der Waals surface area contributed by atoms with Crippen LogP contribution in [0.15, 0.2) is 60.8 Å². The van der Waals surface area contributed by atoms with Gasteiger partial charge < -0.3 is 21.3 Å². The monoisotopic (exact) mass is 404 g/mol. The average molecular weight is 404 g/mol. The van der Waals surface area contributed by atoms with E-state index in [1.54, 1.807) is 7.05 Å². The van der Waals surface area contributed by atoms with Gasteiger partial charge in [-0.1, -0.05) is 36.4 Å². The molecule has 3 aromatic rings. The number of aromatic nitrogens is 2. The van der Waals surface area contributed by atoms with Crippen molar-refractivity contribution in [2.45, 2.75) is 19.9 Å². The number of anilines is 4. The Hall–Kier alpha value is -3.94. The summed E-state index contributed by atoms with van der Waals surface area (Å²) in [6.45, 7) is 3.47. The van der Waals surface area contributed by atoms with Gasteiger partial charge in [0.2, 0.25) is 11.9 Å². The maximum Gasteiger partial charge on any atom is 0.254 e. The van der Waals surface area contributed by atoms with Crippen LogP contribution in [-0.4, -0.2) is 28.8 Å². The Bertz CT molecular complexity index is 1050. The first-order valence-corrected chi connectivity index (χ1v) is 9.45. The highest BCUT2D eigenvalue weighted by molar-refractivity contribution is 5.97. The zero-order chi connectivity index (χ0) is 21.7. The van der Waals surface area contributed by atoms with Gasteiger partial charge >= 0.3 is 0 Å². The Balaban J connectivity index is 1.86. The van der Waals surface area contributed by atoms with Crippen molar-refractivity contribution in [1.82, 2.24) is 9.97 Å². The van der Waals surface area contributed by atoms with Crippen LogP contribution in [0.2, 0.25) is 0 Å². The predicted octanol–water partition coefficient (Wildman–Crippen LogP) is 3.47. The minimum atomic E-state index is -0.616. The van der Waals surface area contributed by atoms with Crippen molar-refractivity contribution in [2.24, 2.45) is 5.73 Å². The first-order chi connectivity index (χ1) is 14.3. The van der Waals surface area contributed by atoms with Crippen molar-refractivity contribution in [2.75, 3.05) is 22.6 Å². The molecule has 8 nitrogen and oxygen atoms in total. The minimum Gasteiger partial charge on any atom is -0.365 e. The van der Waals surface area contributed by atoms with Gasteiger partial charge in [-0.15, -0.1) is 0 Å². The topological polar surface area (TPSA) is 113 Å². The van der Waals surface area contributed by atoms with E-state index in [0.29, 0.717) is 17.5 Å². The predicted molar refractivity (Wildman–Crippen MR) is 118 cm³/mol. The number of hydrogen-bond acceptors (Lipinski definition) is 6. The summed E-state index contributed by atoms with van der Waals surface area (Å²) in [6, 6.07) is 17.0. The van der Waals surface area contributed by atoms with Crippen molar-refractivity contribution in [1.29, 1.82) is 0 Å². The molecule has 0 saturated carbocycles. The molecule has 30 heavy (non-hydrogen) atoms. The zero-order valence-electron chi connectivity index (χ0n) is 17.1. The highest BCUT2D eigenvalue weighted by Crippen LogP contribution is 2.24. The Labute approximate surface area is 175 Å². The molecule has 2 amide bonds. The summed E-state index contributed by atoms with van der Waals surface area (Å²) in [5, 5.41) is 6.34. The van der Waals surface area contributed by atoms with Crippen molar-refractivity contribution in [3.8, 4) is 0 Å². The Morgan fingerprint density at radius 1 is 1.10 bits per heavy atom. The van der Waals surface area contributed by atoms with Crippen LogP contribution in [0.1, 0.15) is 35.8 Å². The van der Waals surface area contributed by atoms with Gasteiger partial charge in [0.25, 0.3) is 5.91 Å². The fourth-order valence-electron chi connectivity index (χ4n) is 2.87. The van der Waals surface area contributed by atoms with Crippen LogP contribution < -0.4 is 21.3 Å². The van der Waals surface area contributed by atoms with Crippen LogP contribution in [0, 0.1) is 0 Å². The lowest BCUT2D eigenvalue weighted by molar-refractivity contribution is -0.116. The van der Waals surface area contributed by atoms with Crippen molar-refractivity contribution in [3.05, 3.63) is 71.9 Å². The number of nitrogens with one attached hydrogen (secondary N) is 2. The van der Waals surface area contributed by atoms with E-state index < -0.39 is 5.91 Å². The maximum absolute atomic E-state index is 11.8. The Morgan fingerprint density at radius 3 is 2.50 bits per heavy atom. The molecular weight excluding hydrogens is 380 g/mol. The minimum absolute atomic E-state index is 0.0735. The molecule has 0 aliphatic rings. The van der Waals surface area contributed by atoms with Crippen LogP contribution >= 0.6 is 0 Å². The fraction of sp³-hybridized carbons (Fsp3) is 0.182. The smallest absolute Gasteiger partial charge is 0.254 e. The molecule has 1 heterocycles. The molecule has 0 aliphatic carbocycles. The van der Waals surface area contributed by atoms with Gasteiger partial charge in [-0.25, -0.2) is 4.98 Å². The molecule has 1 atom stereocenters. The number of primary amides is 1. The van der Waals surface area contributed by atoms with Crippen LogP contribution in [-0.2, 0) is 4.79 Å². The normalized spacial score (nSPS) is 11.4. The van der Waals surface area contributed by atoms with Crippen molar-refractivity contribution in [3.63, 3.8) is 0 Å². The third-order valence-electron chi connectivity index (χ3n) is 4.67. The summed E-state index contributed by atoms with van der Waals surface area (Å²) in [5.41, 5.74) is 8.18. The second-order valence-corrected chi connectivity index (χ2v) is 6.85. The lowest BCUT2D eigenvalue weighted by Gasteiger charge is -2.18. The van der Waals surface area contributed by atoms with Gasteiger partial charge in [-0.3, -0.25) is 9.59 Å². The largest absolute Gasteiger partial charge is 0.365 e. The Kier molecular flexibility index (Phi) is 6.26. The summed E-state index contributed by atoms with van der Waals surface area (Å²) in [7, 11) is 1.70. The molecule has 0 spiro atoms. The molecule has 1 aromatic heterocycles. The zero-order valence-corrected chi connectivity index (χ0v) is 17.1. The van der Waals surface area contributed by atoms with Crippen molar-refractivity contribution >= 4 is 35.0 Å². The van der Waals surface area contributed by atoms with E-state index in [1.807, 2.05) is 61.5 Å². The number of rotatable bonds is 7. The van der Waals surface area contributed by atoms with Crippen LogP contribution in [0.3, 0.4) is 0 Å². The molecule has 0 radical (unpaired) electrons. The molecule has 4 N–H and O–H groups in total. The molecule has 2 aromatic carbocycles. The molecular formula is C22H24N6O2. The van der Waals surface area contributed by atoms with Crippen molar-refractivity contribution < 1.29 is 9.59 Å². The maximum atomic E-state index is 11.8. The van der Waals surface area contributed by atoms with E-state index in [0.717, 1.165) is 11.3 Å². The lowest BCUT2D eigenvalue weighted by atomic mass is 10.1. The van der Waals surface area contributed by atoms with Crippen LogP contribution in [0.25, 0.3) is 0 Å². The van der Waals surface area contributed by atoms with Gasteiger partial charge in [0, 0.05) is 37.6 Å². The molecule has 8 heteroatoms. The first kappa shape index (κ1) is 20.8. The number of hydrogen-bond donors (Lipinski definition) is 3. The molecule has 3 rings (SSSR count). The summed E-state index contributed by atoms with van der Waals surface area (Å²) >= 11 is 0. The second kappa shape index (κ2) is 9.04. The van der Waals surface area contributed by atoms with E-state index in [9.17, 15) is 9.59 Å². The Morgan fingerprint density at radius 2 is 1.83 bits per heavy atom. The molecule has 0 bridgehead atoms. The second-order valence-electron chi connectivity index (χ2n) is 6.85. The highest BCUT2D eigenvalue weighted by atomic mass is 16.2. The summed E-state index contributed by atoms with van der Waals surface area (Å²) in [6.07, 6.45) is 1.39. The summed E-state index contributed by atoms with van der Waals surface area (Å²) in [5.74, 6) is -0.0521.